The standard InChI is InChI=1S/C3H4N2.Ar/c1-2-4-5-3-1;/h1-3H,(H,4,5);. The van der Waals surface area contributed by atoms with E-state index in [-0.39, 0.29) is 37.7 Å². The zero-order chi connectivity index (χ0) is 3.54. The van der Waals surface area contributed by atoms with E-state index >= 15 is 0 Å². The molecule has 0 aliphatic rings. The Balaban J connectivity index is 0.000000250. The third-order valence-electron chi connectivity index (χ3n) is 0.406. The summed E-state index contributed by atoms with van der Waals surface area (Å²) in [5.41, 5.74) is 0. The molecule has 1 aromatic rings. The predicted molar refractivity (Wildman–Crippen MR) is 18.6 cm³/mol. The molecular weight excluding hydrogens is 104 g/mol. The smallest absolute Gasteiger partial charge is 0.0487 e. The summed E-state index contributed by atoms with van der Waals surface area (Å²) in [6.07, 6.45) is 3.46. The minimum Gasteiger partial charge on any atom is -0.286 e. The number of H-pyrrole nitrogens is 1. The van der Waals surface area contributed by atoms with E-state index in [2.05, 4.69) is 10.2 Å². The van der Waals surface area contributed by atoms with Gasteiger partial charge in [-0.15, -0.1) is 0 Å². The van der Waals surface area contributed by atoms with E-state index in [1.165, 1.54) is 0 Å². The molecule has 0 aliphatic carbocycles. The van der Waals surface area contributed by atoms with Crippen LogP contribution in [-0.4, -0.2) is 10.2 Å². The molecule has 34 valence electrons. The summed E-state index contributed by atoms with van der Waals surface area (Å²) in [7, 11) is 0. The molecule has 0 bridgehead atoms. The average Bonchev–Trinajstić information content (AvgIpc) is 1.76. The number of hydrogen-bond donors (Lipinski definition) is 1. The zero-order valence-corrected chi connectivity index (χ0v) is 3.74. The number of nitrogens with one attached hydrogen (secondary N) is 1. The predicted octanol–water partition coefficient (Wildman–Crippen LogP) is 0.410. The van der Waals surface area contributed by atoms with Gasteiger partial charge in [0.05, 0.1) is 0 Å². The van der Waals surface area contributed by atoms with Gasteiger partial charge in [-0.05, 0) is 6.07 Å². The fourth-order valence-corrected chi connectivity index (χ4v) is 0.215. The second-order valence-electron chi connectivity index (χ2n) is 0.766. The fraction of sp³-hybridized carbons (Fsp3) is 0. The Labute approximate surface area is 65.9 Å². The Morgan fingerprint density at radius 2 is 2.33 bits per heavy atom. The first-order valence-electron chi connectivity index (χ1n) is 1.44. The van der Waals surface area contributed by atoms with Gasteiger partial charge in [-0.25, -0.2) is 0 Å². The van der Waals surface area contributed by atoms with Gasteiger partial charge in [0.25, 0.3) is 0 Å². The van der Waals surface area contributed by atoms with Crippen molar-refractivity contribution in [2.24, 2.45) is 0 Å². The van der Waals surface area contributed by atoms with Crippen LogP contribution in [0.3, 0.4) is 0 Å². The molecule has 0 spiro atoms. The molecule has 0 aromatic carbocycles. The molecule has 0 saturated carbocycles. The number of nitrogens with zero attached hydrogens (tertiary/aromatic N) is 1. The molecule has 0 aliphatic heterocycles. The Bertz CT molecular complexity index is 65.3. The van der Waals surface area contributed by atoms with Crippen molar-refractivity contribution in [2.75, 3.05) is 0 Å². The Hall–Kier alpha value is 0.470. The third kappa shape index (κ3) is 1.80. The van der Waals surface area contributed by atoms with Gasteiger partial charge < -0.3 is 0 Å². The van der Waals surface area contributed by atoms with Crippen molar-refractivity contribution in [3.05, 3.63) is 18.5 Å². The summed E-state index contributed by atoms with van der Waals surface area (Å²) in [5.74, 6) is 0. The Morgan fingerprint density at radius 1 is 1.50 bits per heavy atom. The van der Waals surface area contributed by atoms with E-state index in [1.807, 2.05) is 6.07 Å². The van der Waals surface area contributed by atoms with Gasteiger partial charge in [0.2, 0.25) is 0 Å². The van der Waals surface area contributed by atoms with Crippen LogP contribution in [0.15, 0.2) is 18.5 Å². The Kier molecular flexibility index (Phi) is 3.94. The summed E-state index contributed by atoms with van der Waals surface area (Å²) in [6.45, 7) is 0. The molecule has 6 heavy (non-hydrogen) atoms. The maximum absolute atomic E-state index is 3.60. The van der Waals surface area contributed by atoms with E-state index in [9.17, 15) is 0 Å². The van der Waals surface area contributed by atoms with E-state index in [4.69, 9.17) is 0 Å². The monoisotopic (exact) mass is 108 g/mol. The van der Waals surface area contributed by atoms with Crippen molar-refractivity contribution in [2.45, 2.75) is 0 Å². The summed E-state index contributed by atoms with van der Waals surface area (Å²) in [4.78, 5) is 0. The second-order valence-corrected chi connectivity index (χ2v) is 0.766. The van der Waals surface area contributed by atoms with Gasteiger partial charge in [0.15, 0.2) is 0 Å². The molecule has 1 heterocycles. The summed E-state index contributed by atoms with van der Waals surface area (Å²) >= 11 is 0. The van der Waals surface area contributed by atoms with Crippen molar-refractivity contribution in [3.8, 4) is 0 Å². The molecule has 0 radical (unpaired) electrons. The van der Waals surface area contributed by atoms with Crippen LogP contribution in [0.4, 0.5) is 0 Å². The molecule has 2 nitrogen and oxygen atoms in total. The minimum atomic E-state index is 0. The molecule has 0 fully saturated rings. The third-order valence-corrected chi connectivity index (χ3v) is 0.406. The van der Waals surface area contributed by atoms with Crippen LogP contribution in [0.1, 0.15) is 0 Å². The largest absolute Gasteiger partial charge is 0.286 e. The molecule has 0 saturated heterocycles. The van der Waals surface area contributed by atoms with Crippen molar-refractivity contribution < 1.29 is 37.7 Å². The number of aromatic amines is 1. The Morgan fingerprint density at radius 3 is 2.50 bits per heavy atom. The van der Waals surface area contributed by atoms with Gasteiger partial charge in [0.1, 0.15) is 0 Å². The van der Waals surface area contributed by atoms with Crippen molar-refractivity contribution in [3.63, 3.8) is 0 Å². The van der Waals surface area contributed by atoms with E-state index < -0.39 is 0 Å². The molecule has 1 aromatic heterocycles. The van der Waals surface area contributed by atoms with Crippen LogP contribution >= 0.6 is 0 Å². The van der Waals surface area contributed by atoms with Crippen LogP contribution in [0.25, 0.3) is 0 Å². The minimum absolute atomic E-state index is 0. The molecule has 1 N–H and O–H groups in total. The van der Waals surface area contributed by atoms with Gasteiger partial charge in [-0.3, -0.25) is 5.10 Å². The van der Waals surface area contributed by atoms with Gasteiger partial charge >= 0.3 is 0 Å². The van der Waals surface area contributed by atoms with E-state index in [1.54, 1.807) is 12.4 Å². The molecule has 3 heteroatoms. The molecule has 0 unspecified atom stereocenters. The SMILES string of the molecule is [Ar].c1cn[nH]c1. The number of hydrogen-bond acceptors (Lipinski definition) is 1. The van der Waals surface area contributed by atoms with E-state index in [0.717, 1.165) is 0 Å². The van der Waals surface area contributed by atoms with Gasteiger partial charge in [-0.1, -0.05) is 0 Å². The van der Waals surface area contributed by atoms with Crippen molar-refractivity contribution in [1.82, 2.24) is 10.2 Å². The maximum atomic E-state index is 3.60. The van der Waals surface area contributed by atoms with Gasteiger partial charge in [-0.2, -0.15) is 5.10 Å². The molecule has 0 atom stereocenters. The molecule has 1 rings (SSSR count). The number of aromatic nitrogens is 2. The second kappa shape index (κ2) is 3.65. The maximum Gasteiger partial charge on any atom is 0.0487 e. The first-order valence-corrected chi connectivity index (χ1v) is 1.44. The van der Waals surface area contributed by atoms with Crippen LogP contribution in [0, 0.1) is 37.7 Å². The summed E-state index contributed by atoms with van der Waals surface area (Å²) in [5, 5.41) is 6.21. The molecule has 0 amide bonds. The van der Waals surface area contributed by atoms with Crippen molar-refractivity contribution in [1.29, 1.82) is 0 Å². The van der Waals surface area contributed by atoms with Crippen molar-refractivity contribution >= 4 is 0 Å². The topological polar surface area (TPSA) is 28.7 Å². The van der Waals surface area contributed by atoms with Crippen LogP contribution in [0.5, 0.6) is 0 Å². The fourth-order valence-electron chi connectivity index (χ4n) is 0.215. The summed E-state index contributed by atoms with van der Waals surface area (Å²) < 4.78 is 0. The zero-order valence-electron chi connectivity index (χ0n) is 3.03. The van der Waals surface area contributed by atoms with E-state index in [0.29, 0.717) is 0 Å². The van der Waals surface area contributed by atoms with Crippen LogP contribution < -0.4 is 0 Å². The number of rotatable bonds is 0. The first kappa shape index (κ1) is 6.47. The first-order chi connectivity index (χ1) is 2.50. The normalized spacial score (nSPS) is 6.67. The quantitative estimate of drug-likeness (QED) is 0.512. The van der Waals surface area contributed by atoms with Crippen LogP contribution in [-0.2, 0) is 0 Å². The van der Waals surface area contributed by atoms with Gasteiger partial charge in [0, 0.05) is 50.1 Å². The summed E-state index contributed by atoms with van der Waals surface area (Å²) in [6, 6.07) is 1.83. The molecular formula is C3H4ArN2. The average molecular weight is 108 g/mol. The van der Waals surface area contributed by atoms with Crippen LogP contribution in [0.2, 0.25) is 0 Å².